The Labute approximate surface area is 90.4 Å². The molecule has 4 heteroatoms. The maximum Gasteiger partial charge on any atom is 0.0522 e. The molecule has 1 aliphatic carbocycles. The Balaban J connectivity index is 2.02. The highest BCUT2D eigenvalue weighted by atomic mass is 15.1. The van der Waals surface area contributed by atoms with Crippen LogP contribution in [0.5, 0.6) is 0 Å². The molecular formula is C11H20N4. The third-order valence-electron chi connectivity index (χ3n) is 3.50. The van der Waals surface area contributed by atoms with Gasteiger partial charge in [0, 0.05) is 17.3 Å². The van der Waals surface area contributed by atoms with Gasteiger partial charge in [0.05, 0.1) is 6.20 Å². The Bertz CT molecular complexity index is 323. The van der Waals surface area contributed by atoms with Crippen LogP contribution in [-0.4, -0.2) is 21.8 Å². The zero-order valence-corrected chi connectivity index (χ0v) is 9.29. The predicted molar refractivity (Wildman–Crippen MR) is 60.4 cm³/mol. The fourth-order valence-electron chi connectivity index (χ4n) is 2.32. The van der Waals surface area contributed by atoms with Gasteiger partial charge in [-0.15, -0.1) is 0 Å². The van der Waals surface area contributed by atoms with Crippen LogP contribution in [0, 0.1) is 6.92 Å². The summed E-state index contributed by atoms with van der Waals surface area (Å²) in [4.78, 5) is 0. The Morgan fingerprint density at radius 3 is 2.73 bits per heavy atom. The number of aromatic amines is 1. The lowest BCUT2D eigenvalue weighted by molar-refractivity contribution is 0.271. The van der Waals surface area contributed by atoms with E-state index in [0.29, 0.717) is 6.04 Å². The van der Waals surface area contributed by atoms with E-state index in [1.807, 2.05) is 13.1 Å². The van der Waals surface area contributed by atoms with Crippen LogP contribution in [0.1, 0.15) is 36.9 Å². The van der Waals surface area contributed by atoms with Crippen molar-refractivity contribution >= 4 is 0 Å². The van der Waals surface area contributed by atoms with Crippen molar-refractivity contribution in [1.29, 1.82) is 0 Å². The molecule has 1 aliphatic rings. The number of hydrogen-bond acceptors (Lipinski definition) is 3. The van der Waals surface area contributed by atoms with E-state index >= 15 is 0 Å². The van der Waals surface area contributed by atoms with Crippen LogP contribution < -0.4 is 11.5 Å². The van der Waals surface area contributed by atoms with Gasteiger partial charge in [-0.3, -0.25) is 5.10 Å². The number of nitrogens with zero attached hydrogens (tertiary/aromatic N) is 1. The zero-order chi connectivity index (χ0) is 10.9. The first-order chi connectivity index (χ1) is 7.09. The number of aromatic nitrogens is 2. The summed E-state index contributed by atoms with van der Waals surface area (Å²) in [6.07, 6.45) is 6.96. The standard InChI is InChI=1S/C11H20N4/c1-8-9(7-14-15-8)6-11(13)4-2-10(12)3-5-11/h7,10H,2-6,12-13H2,1H3,(H,14,15). The number of nitrogens with one attached hydrogen (secondary N) is 1. The van der Waals surface area contributed by atoms with Crippen molar-refractivity contribution in [2.45, 2.75) is 50.6 Å². The van der Waals surface area contributed by atoms with Crippen molar-refractivity contribution in [2.75, 3.05) is 0 Å². The second kappa shape index (κ2) is 3.94. The van der Waals surface area contributed by atoms with E-state index in [4.69, 9.17) is 11.5 Å². The molecule has 5 N–H and O–H groups in total. The normalized spacial score (nSPS) is 31.8. The minimum Gasteiger partial charge on any atom is -0.328 e. The average Bonchev–Trinajstić information content (AvgIpc) is 2.58. The van der Waals surface area contributed by atoms with Gasteiger partial charge in [-0.2, -0.15) is 5.10 Å². The predicted octanol–water partition coefficient (Wildman–Crippen LogP) is 0.859. The van der Waals surface area contributed by atoms with Gasteiger partial charge in [0.25, 0.3) is 0 Å². The summed E-state index contributed by atoms with van der Waals surface area (Å²) < 4.78 is 0. The molecular weight excluding hydrogens is 188 g/mol. The molecule has 0 aliphatic heterocycles. The molecule has 0 saturated heterocycles. The summed E-state index contributed by atoms with van der Waals surface area (Å²) in [6, 6.07) is 0.354. The molecule has 15 heavy (non-hydrogen) atoms. The molecule has 1 aromatic rings. The fraction of sp³-hybridized carbons (Fsp3) is 0.727. The number of rotatable bonds is 2. The van der Waals surface area contributed by atoms with Crippen molar-refractivity contribution in [3.8, 4) is 0 Å². The number of H-pyrrole nitrogens is 1. The highest BCUT2D eigenvalue weighted by Gasteiger charge is 2.31. The average molecular weight is 208 g/mol. The number of hydrogen-bond donors (Lipinski definition) is 3. The van der Waals surface area contributed by atoms with Gasteiger partial charge in [-0.25, -0.2) is 0 Å². The van der Waals surface area contributed by atoms with Gasteiger partial charge in [0.15, 0.2) is 0 Å². The number of aryl methyl sites for hydroxylation is 1. The molecule has 0 spiro atoms. The third-order valence-corrected chi connectivity index (χ3v) is 3.50. The van der Waals surface area contributed by atoms with Gasteiger partial charge in [0.2, 0.25) is 0 Å². The van der Waals surface area contributed by atoms with Crippen LogP contribution in [-0.2, 0) is 6.42 Å². The third kappa shape index (κ3) is 2.38. The maximum atomic E-state index is 6.38. The molecule has 0 bridgehead atoms. The van der Waals surface area contributed by atoms with Gasteiger partial charge in [-0.1, -0.05) is 0 Å². The minimum atomic E-state index is -0.0650. The van der Waals surface area contributed by atoms with Crippen molar-refractivity contribution in [3.05, 3.63) is 17.5 Å². The van der Waals surface area contributed by atoms with Crippen molar-refractivity contribution in [3.63, 3.8) is 0 Å². The highest BCUT2D eigenvalue weighted by molar-refractivity contribution is 5.18. The van der Waals surface area contributed by atoms with Gasteiger partial charge in [-0.05, 0) is 44.6 Å². The molecule has 0 amide bonds. The first kappa shape index (κ1) is 10.6. The Kier molecular flexibility index (Phi) is 2.80. The van der Waals surface area contributed by atoms with Crippen molar-refractivity contribution in [1.82, 2.24) is 10.2 Å². The Hall–Kier alpha value is -0.870. The summed E-state index contributed by atoms with van der Waals surface area (Å²) in [5, 5.41) is 6.98. The van der Waals surface area contributed by atoms with Crippen LogP contribution in [0.2, 0.25) is 0 Å². The summed E-state index contributed by atoms with van der Waals surface area (Å²) in [5.41, 5.74) is 14.6. The first-order valence-electron chi connectivity index (χ1n) is 5.62. The van der Waals surface area contributed by atoms with Gasteiger partial charge in [0.1, 0.15) is 0 Å². The number of nitrogens with two attached hydrogens (primary N) is 2. The lowest BCUT2D eigenvalue weighted by atomic mass is 9.77. The molecule has 1 saturated carbocycles. The first-order valence-corrected chi connectivity index (χ1v) is 5.62. The van der Waals surface area contributed by atoms with E-state index in [9.17, 15) is 0 Å². The smallest absolute Gasteiger partial charge is 0.0522 e. The SMILES string of the molecule is Cc1[nH]ncc1CC1(N)CCC(N)CC1. The lowest BCUT2D eigenvalue weighted by Gasteiger charge is -2.36. The minimum absolute atomic E-state index is 0.0650. The van der Waals surface area contributed by atoms with E-state index in [2.05, 4.69) is 10.2 Å². The second-order valence-corrected chi connectivity index (χ2v) is 4.90. The van der Waals surface area contributed by atoms with E-state index in [1.165, 1.54) is 5.56 Å². The van der Waals surface area contributed by atoms with E-state index < -0.39 is 0 Å². The van der Waals surface area contributed by atoms with Crippen LogP contribution in [0.25, 0.3) is 0 Å². The van der Waals surface area contributed by atoms with Crippen LogP contribution in [0.3, 0.4) is 0 Å². The maximum absolute atomic E-state index is 6.38. The Morgan fingerprint density at radius 1 is 1.53 bits per heavy atom. The van der Waals surface area contributed by atoms with E-state index in [-0.39, 0.29) is 5.54 Å². The molecule has 1 fully saturated rings. The molecule has 84 valence electrons. The molecule has 0 radical (unpaired) electrons. The Morgan fingerprint density at radius 2 is 2.20 bits per heavy atom. The molecule has 0 atom stereocenters. The summed E-state index contributed by atoms with van der Waals surface area (Å²) in [7, 11) is 0. The molecule has 1 heterocycles. The van der Waals surface area contributed by atoms with Crippen molar-refractivity contribution in [2.24, 2.45) is 11.5 Å². The van der Waals surface area contributed by atoms with Crippen LogP contribution in [0.4, 0.5) is 0 Å². The van der Waals surface area contributed by atoms with Gasteiger partial charge >= 0.3 is 0 Å². The fourth-order valence-corrected chi connectivity index (χ4v) is 2.32. The molecule has 1 aromatic heterocycles. The van der Waals surface area contributed by atoms with Gasteiger partial charge < -0.3 is 11.5 Å². The molecule has 4 nitrogen and oxygen atoms in total. The van der Waals surface area contributed by atoms with Crippen molar-refractivity contribution < 1.29 is 0 Å². The summed E-state index contributed by atoms with van der Waals surface area (Å²) in [5.74, 6) is 0. The van der Waals surface area contributed by atoms with Crippen LogP contribution in [0.15, 0.2) is 6.20 Å². The zero-order valence-electron chi connectivity index (χ0n) is 9.29. The topological polar surface area (TPSA) is 80.7 Å². The molecule has 2 rings (SSSR count). The lowest BCUT2D eigenvalue weighted by Crippen LogP contribution is -2.47. The highest BCUT2D eigenvalue weighted by Crippen LogP contribution is 2.29. The van der Waals surface area contributed by atoms with E-state index in [0.717, 1.165) is 37.8 Å². The summed E-state index contributed by atoms with van der Waals surface area (Å²) in [6.45, 7) is 2.04. The molecule has 0 aromatic carbocycles. The largest absolute Gasteiger partial charge is 0.328 e. The monoisotopic (exact) mass is 208 g/mol. The second-order valence-electron chi connectivity index (χ2n) is 4.90. The molecule has 0 unspecified atom stereocenters. The quantitative estimate of drug-likeness (QED) is 0.674. The van der Waals surface area contributed by atoms with E-state index in [1.54, 1.807) is 0 Å². The van der Waals surface area contributed by atoms with Crippen LogP contribution >= 0.6 is 0 Å². The summed E-state index contributed by atoms with van der Waals surface area (Å²) >= 11 is 0.